The zero-order valence-corrected chi connectivity index (χ0v) is 21.4. The second kappa shape index (κ2) is 9.95. The number of carbonyl (C=O) groups excluding carboxylic acids is 2. The zero-order chi connectivity index (χ0) is 26.2. The predicted octanol–water partition coefficient (Wildman–Crippen LogP) is 3.44. The van der Waals surface area contributed by atoms with Gasteiger partial charge in [-0.05, 0) is 48.4 Å². The molecule has 37 heavy (non-hydrogen) atoms. The molecule has 3 aromatic rings. The Morgan fingerprint density at radius 2 is 1.78 bits per heavy atom. The number of benzene rings is 3. The number of carbonyl (C=O) groups is 2. The number of halogens is 1. The van der Waals surface area contributed by atoms with E-state index in [4.69, 9.17) is 25.8 Å². The van der Waals surface area contributed by atoms with E-state index in [-0.39, 0.29) is 22.2 Å². The third-order valence-corrected chi connectivity index (χ3v) is 8.33. The van der Waals surface area contributed by atoms with Gasteiger partial charge in [0.15, 0.2) is 6.61 Å². The Labute approximate surface area is 219 Å². The van der Waals surface area contributed by atoms with Crippen molar-refractivity contribution in [2.45, 2.75) is 17.4 Å². The van der Waals surface area contributed by atoms with Crippen LogP contribution in [0, 0.1) is 0 Å². The first-order valence-electron chi connectivity index (χ1n) is 11.5. The highest BCUT2D eigenvalue weighted by atomic mass is 35.5. The third-order valence-electron chi connectivity index (χ3n) is 6.23. The van der Waals surface area contributed by atoms with Crippen LogP contribution in [0.1, 0.15) is 5.56 Å². The molecule has 0 saturated carbocycles. The summed E-state index contributed by atoms with van der Waals surface area (Å²) in [6, 6.07) is 18.3. The van der Waals surface area contributed by atoms with Crippen molar-refractivity contribution in [2.75, 3.05) is 36.0 Å². The van der Waals surface area contributed by atoms with Gasteiger partial charge in [-0.25, -0.2) is 13.2 Å². The molecule has 3 aromatic carbocycles. The minimum atomic E-state index is -3.83. The Balaban J connectivity index is 1.31. The average molecular weight is 543 g/mol. The van der Waals surface area contributed by atoms with Crippen LogP contribution in [0.15, 0.2) is 71.6 Å². The SMILES string of the molecule is COC(=O)[C@@H]1CN(C(=O)COc2ccc(S(=O)(=O)N3CCc4ccccc43)cc2Cl)c2ccccc2O1. The van der Waals surface area contributed by atoms with Crippen molar-refractivity contribution >= 4 is 44.9 Å². The first-order chi connectivity index (χ1) is 17.8. The molecule has 0 spiro atoms. The Bertz CT molecular complexity index is 1480. The molecule has 2 aliphatic heterocycles. The number of fused-ring (bicyclic) bond motifs is 2. The second-order valence-electron chi connectivity index (χ2n) is 8.44. The molecule has 0 radical (unpaired) electrons. The maximum absolute atomic E-state index is 13.3. The fraction of sp³-hybridized carbons (Fsp3) is 0.231. The summed E-state index contributed by atoms with van der Waals surface area (Å²) in [4.78, 5) is 26.5. The highest BCUT2D eigenvalue weighted by Gasteiger charge is 2.35. The van der Waals surface area contributed by atoms with Gasteiger partial charge < -0.3 is 19.1 Å². The predicted molar refractivity (Wildman–Crippen MR) is 137 cm³/mol. The van der Waals surface area contributed by atoms with Crippen molar-refractivity contribution in [1.29, 1.82) is 0 Å². The molecule has 0 saturated heterocycles. The molecule has 2 aliphatic rings. The number of hydrogen-bond donors (Lipinski definition) is 0. The van der Waals surface area contributed by atoms with E-state index in [1.165, 1.54) is 34.5 Å². The van der Waals surface area contributed by atoms with Gasteiger partial charge in [-0.2, -0.15) is 0 Å². The zero-order valence-electron chi connectivity index (χ0n) is 19.8. The van der Waals surface area contributed by atoms with Gasteiger partial charge in [-0.15, -0.1) is 0 Å². The third kappa shape index (κ3) is 4.70. The average Bonchev–Trinajstić information content (AvgIpc) is 3.36. The molecule has 0 fully saturated rings. The summed E-state index contributed by atoms with van der Waals surface area (Å²) in [5.41, 5.74) is 2.12. The maximum atomic E-state index is 13.3. The summed E-state index contributed by atoms with van der Waals surface area (Å²) in [7, 11) is -2.58. The molecule has 0 aromatic heterocycles. The topological polar surface area (TPSA) is 102 Å². The molecule has 1 amide bonds. The molecule has 11 heteroatoms. The number of hydrogen-bond acceptors (Lipinski definition) is 7. The molecule has 192 valence electrons. The van der Waals surface area contributed by atoms with Gasteiger partial charge in [0, 0.05) is 6.54 Å². The maximum Gasteiger partial charge on any atom is 0.348 e. The lowest BCUT2D eigenvalue weighted by Crippen LogP contribution is -2.48. The minimum Gasteiger partial charge on any atom is -0.482 e. The Morgan fingerprint density at radius 3 is 2.54 bits per heavy atom. The van der Waals surface area contributed by atoms with Crippen molar-refractivity contribution in [2.24, 2.45) is 0 Å². The van der Waals surface area contributed by atoms with E-state index in [1.54, 1.807) is 36.4 Å². The van der Waals surface area contributed by atoms with Gasteiger partial charge in [0.2, 0.25) is 6.10 Å². The van der Waals surface area contributed by atoms with Crippen LogP contribution in [-0.4, -0.2) is 53.2 Å². The van der Waals surface area contributed by atoms with E-state index in [1.807, 2.05) is 12.1 Å². The van der Waals surface area contributed by atoms with Gasteiger partial charge in [0.25, 0.3) is 15.9 Å². The number of methoxy groups -OCH3 is 1. The van der Waals surface area contributed by atoms with Crippen LogP contribution in [0.2, 0.25) is 5.02 Å². The molecular weight excluding hydrogens is 520 g/mol. The van der Waals surface area contributed by atoms with E-state index < -0.39 is 34.6 Å². The van der Waals surface area contributed by atoms with Gasteiger partial charge in [-0.3, -0.25) is 9.10 Å². The first kappa shape index (κ1) is 24.9. The lowest BCUT2D eigenvalue weighted by atomic mass is 10.2. The number of ether oxygens (including phenoxy) is 3. The number of anilines is 2. The lowest BCUT2D eigenvalue weighted by molar-refractivity contribution is -0.148. The summed E-state index contributed by atoms with van der Waals surface area (Å²) < 4.78 is 44.0. The second-order valence-corrected chi connectivity index (χ2v) is 10.7. The van der Waals surface area contributed by atoms with Gasteiger partial charge >= 0.3 is 5.97 Å². The van der Waals surface area contributed by atoms with E-state index in [9.17, 15) is 18.0 Å². The Morgan fingerprint density at radius 1 is 1.05 bits per heavy atom. The minimum absolute atomic E-state index is 0.0240. The Kier molecular flexibility index (Phi) is 6.70. The van der Waals surface area contributed by atoms with Crippen LogP contribution < -0.4 is 18.7 Å². The summed E-state index contributed by atoms with van der Waals surface area (Å²) in [6.07, 6.45) is -0.346. The Hall–Kier alpha value is -3.76. The summed E-state index contributed by atoms with van der Waals surface area (Å²) in [5, 5.41) is 0.0520. The van der Waals surface area contributed by atoms with Crippen molar-refractivity contribution in [1.82, 2.24) is 0 Å². The highest BCUT2D eigenvalue weighted by Crippen LogP contribution is 2.36. The van der Waals surface area contributed by atoms with Gasteiger partial charge in [-0.1, -0.05) is 41.9 Å². The van der Waals surface area contributed by atoms with Crippen LogP contribution >= 0.6 is 11.6 Å². The fourth-order valence-corrected chi connectivity index (χ4v) is 6.22. The molecule has 0 aliphatic carbocycles. The van der Waals surface area contributed by atoms with E-state index in [0.29, 0.717) is 30.1 Å². The quantitative estimate of drug-likeness (QED) is 0.440. The molecule has 2 heterocycles. The van der Waals surface area contributed by atoms with Crippen LogP contribution in [0.25, 0.3) is 0 Å². The monoisotopic (exact) mass is 542 g/mol. The van der Waals surface area contributed by atoms with Crippen molar-refractivity contribution < 1.29 is 32.2 Å². The molecule has 5 rings (SSSR count). The van der Waals surface area contributed by atoms with E-state index in [0.717, 1.165) is 5.56 Å². The van der Waals surface area contributed by atoms with Crippen LogP contribution in [0.4, 0.5) is 11.4 Å². The molecular formula is C26H23ClN2O7S. The van der Waals surface area contributed by atoms with Gasteiger partial charge in [0.1, 0.15) is 11.5 Å². The molecule has 0 N–H and O–H groups in total. The highest BCUT2D eigenvalue weighted by molar-refractivity contribution is 7.92. The number of nitrogens with zero attached hydrogens (tertiary/aromatic N) is 2. The van der Waals surface area contributed by atoms with Gasteiger partial charge in [0.05, 0.1) is 34.9 Å². The largest absolute Gasteiger partial charge is 0.482 e. The first-order valence-corrected chi connectivity index (χ1v) is 13.3. The van der Waals surface area contributed by atoms with Crippen LogP contribution in [0.5, 0.6) is 11.5 Å². The summed E-state index contributed by atoms with van der Waals surface area (Å²) in [5.74, 6) is -0.518. The lowest BCUT2D eigenvalue weighted by Gasteiger charge is -2.33. The van der Waals surface area contributed by atoms with E-state index >= 15 is 0 Å². The van der Waals surface area contributed by atoms with E-state index in [2.05, 4.69) is 0 Å². The number of para-hydroxylation sites is 3. The molecule has 0 unspecified atom stereocenters. The fourth-order valence-electron chi connectivity index (χ4n) is 4.39. The number of esters is 1. The van der Waals surface area contributed by atoms with Crippen LogP contribution in [0.3, 0.4) is 0 Å². The normalized spacial score (nSPS) is 16.4. The number of amides is 1. The summed E-state index contributed by atoms with van der Waals surface area (Å²) >= 11 is 6.36. The molecule has 0 bridgehead atoms. The molecule has 9 nitrogen and oxygen atoms in total. The van der Waals surface area contributed by atoms with Crippen molar-refractivity contribution in [3.8, 4) is 11.5 Å². The number of rotatable bonds is 6. The molecule has 1 atom stereocenters. The number of sulfonamides is 1. The van der Waals surface area contributed by atoms with Crippen molar-refractivity contribution in [3.05, 3.63) is 77.3 Å². The standard InChI is InChI=1S/C26H23ClN2O7S/c1-34-26(31)24-15-28(21-8-4-5-9-23(21)36-24)25(30)16-35-22-11-10-18(14-19(22)27)37(32,33)29-13-12-17-6-2-3-7-20(17)29/h2-11,14,24H,12-13,15-16H2,1H3/t24-/m0/s1. The van der Waals surface area contributed by atoms with Crippen LogP contribution in [-0.2, 0) is 30.8 Å². The van der Waals surface area contributed by atoms with Crippen molar-refractivity contribution in [3.63, 3.8) is 0 Å². The smallest absolute Gasteiger partial charge is 0.348 e. The summed E-state index contributed by atoms with van der Waals surface area (Å²) in [6.45, 7) is -0.0959.